The second-order valence-electron chi connectivity index (χ2n) is 4.37. The van der Waals surface area contributed by atoms with E-state index in [4.69, 9.17) is 11.6 Å². The van der Waals surface area contributed by atoms with E-state index in [1.165, 1.54) is 0 Å². The van der Waals surface area contributed by atoms with Crippen LogP contribution in [0.1, 0.15) is 6.42 Å². The van der Waals surface area contributed by atoms with Crippen LogP contribution in [0.5, 0.6) is 0 Å². The quantitative estimate of drug-likeness (QED) is 0.633. The lowest BCUT2D eigenvalue weighted by atomic mass is 10.3. The van der Waals surface area contributed by atoms with E-state index < -0.39 is 11.8 Å². The highest BCUT2D eigenvalue weighted by atomic mass is 35.5. The third kappa shape index (κ3) is 6.22. The molecular formula is C13H18ClN3O2. The lowest BCUT2D eigenvalue weighted by Crippen LogP contribution is -2.36. The van der Waals surface area contributed by atoms with Crippen LogP contribution in [0, 0.1) is 0 Å². The Morgan fingerprint density at radius 1 is 1.16 bits per heavy atom. The Morgan fingerprint density at radius 2 is 1.79 bits per heavy atom. The Balaban J connectivity index is 2.32. The van der Waals surface area contributed by atoms with Crippen LogP contribution in [0.2, 0.25) is 5.02 Å². The summed E-state index contributed by atoms with van der Waals surface area (Å²) >= 11 is 5.72. The van der Waals surface area contributed by atoms with Gasteiger partial charge in [0.1, 0.15) is 0 Å². The number of hydrogen-bond acceptors (Lipinski definition) is 3. The molecule has 0 radical (unpaired) electrons. The molecule has 1 rings (SSSR count). The highest BCUT2D eigenvalue weighted by Gasteiger charge is 2.12. The first-order valence-electron chi connectivity index (χ1n) is 5.98. The Labute approximate surface area is 117 Å². The van der Waals surface area contributed by atoms with Gasteiger partial charge in [0.2, 0.25) is 0 Å². The summed E-state index contributed by atoms with van der Waals surface area (Å²) in [5, 5.41) is 5.64. The molecule has 0 bridgehead atoms. The Kier molecular flexibility index (Phi) is 6.32. The number of carbonyl (C=O) groups is 2. The molecule has 2 amide bonds. The fourth-order valence-corrected chi connectivity index (χ4v) is 1.52. The van der Waals surface area contributed by atoms with Crippen molar-refractivity contribution >= 4 is 29.1 Å². The maximum Gasteiger partial charge on any atom is 0.313 e. The van der Waals surface area contributed by atoms with Crippen molar-refractivity contribution in [3.8, 4) is 0 Å². The van der Waals surface area contributed by atoms with Crippen LogP contribution in [-0.2, 0) is 9.59 Å². The summed E-state index contributed by atoms with van der Waals surface area (Å²) in [5.74, 6) is -1.30. The van der Waals surface area contributed by atoms with Crippen molar-refractivity contribution in [1.29, 1.82) is 0 Å². The molecule has 0 aliphatic heterocycles. The molecule has 0 aromatic heterocycles. The van der Waals surface area contributed by atoms with Gasteiger partial charge in [-0.15, -0.1) is 0 Å². The number of carbonyl (C=O) groups excluding carboxylic acids is 2. The Hall–Kier alpha value is -1.59. The van der Waals surface area contributed by atoms with Gasteiger partial charge in [-0.1, -0.05) is 11.6 Å². The monoisotopic (exact) mass is 283 g/mol. The van der Waals surface area contributed by atoms with Gasteiger partial charge in [-0.25, -0.2) is 0 Å². The van der Waals surface area contributed by atoms with Gasteiger partial charge < -0.3 is 15.5 Å². The first-order chi connectivity index (χ1) is 8.99. The van der Waals surface area contributed by atoms with E-state index in [1.54, 1.807) is 24.3 Å². The van der Waals surface area contributed by atoms with Crippen molar-refractivity contribution in [2.45, 2.75) is 6.42 Å². The van der Waals surface area contributed by atoms with Crippen LogP contribution >= 0.6 is 11.6 Å². The highest BCUT2D eigenvalue weighted by molar-refractivity contribution is 6.39. The highest BCUT2D eigenvalue weighted by Crippen LogP contribution is 2.12. The molecule has 0 fully saturated rings. The fourth-order valence-electron chi connectivity index (χ4n) is 1.40. The summed E-state index contributed by atoms with van der Waals surface area (Å²) in [6.45, 7) is 1.34. The summed E-state index contributed by atoms with van der Waals surface area (Å²) in [5.41, 5.74) is 0.540. The van der Waals surface area contributed by atoms with Gasteiger partial charge in [0.05, 0.1) is 0 Å². The number of amides is 2. The molecule has 0 spiro atoms. The molecule has 6 heteroatoms. The molecule has 0 atom stereocenters. The smallest absolute Gasteiger partial charge is 0.313 e. The molecule has 2 N–H and O–H groups in total. The fraction of sp³-hybridized carbons (Fsp3) is 0.385. The largest absolute Gasteiger partial charge is 0.348 e. The van der Waals surface area contributed by atoms with Gasteiger partial charge in [-0.2, -0.15) is 0 Å². The molecule has 0 aliphatic rings. The molecule has 0 unspecified atom stereocenters. The first-order valence-corrected chi connectivity index (χ1v) is 6.36. The summed E-state index contributed by atoms with van der Waals surface area (Å²) in [4.78, 5) is 25.1. The minimum atomic E-state index is -0.674. The van der Waals surface area contributed by atoms with Crippen molar-refractivity contribution in [1.82, 2.24) is 10.2 Å². The van der Waals surface area contributed by atoms with Crippen LogP contribution in [0.3, 0.4) is 0 Å². The molecule has 0 heterocycles. The molecule has 1 aromatic carbocycles. The lowest BCUT2D eigenvalue weighted by Gasteiger charge is -2.10. The van der Waals surface area contributed by atoms with E-state index >= 15 is 0 Å². The number of rotatable bonds is 5. The lowest BCUT2D eigenvalue weighted by molar-refractivity contribution is -0.136. The van der Waals surface area contributed by atoms with E-state index in [-0.39, 0.29) is 0 Å². The van der Waals surface area contributed by atoms with Crippen LogP contribution in [0.25, 0.3) is 0 Å². The van der Waals surface area contributed by atoms with Gasteiger partial charge in [0.25, 0.3) is 0 Å². The molecule has 19 heavy (non-hydrogen) atoms. The van der Waals surface area contributed by atoms with Gasteiger partial charge in [-0.3, -0.25) is 9.59 Å². The average molecular weight is 284 g/mol. The number of nitrogens with zero attached hydrogens (tertiary/aromatic N) is 1. The third-order valence-corrected chi connectivity index (χ3v) is 2.63. The maximum atomic E-state index is 11.6. The van der Waals surface area contributed by atoms with E-state index in [0.717, 1.165) is 13.0 Å². The second kappa shape index (κ2) is 7.76. The second-order valence-corrected chi connectivity index (χ2v) is 4.81. The zero-order chi connectivity index (χ0) is 14.3. The summed E-state index contributed by atoms with van der Waals surface area (Å²) in [6, 6.07) is 6.57. The zero-order valence-corrected chi connectivity index (χ0v) is 11.8. The Bertz CT molecular complexity index is 432. The summed E-state index contributed by atoms with van der Waals surface area (Å²) in [6.07, 6.45) is 0.799. The van der Waals surface area contributed by atoms with E-state index in [1.807, 2.05) is 19.0 Å². The molecule has 0 aliphatic carbocycles. The van der Waals surface area contributed by atoms with Crippen molar-refractivity contribution in [3.63, 3.8) is 0 Å². The van der Waals surface area contributed by atoms with Crippen molar-refractivity contribution in [2.24, 2.45) is 0 Å². The molecule has 0 saturated carbocycles. The van der Waals surface area contributed by atoms with Crippen LogP contribution < -0.4 is 10.6 Å². The minimum absolute atomic E-state index is 0.477. The van der Waals surface area contributed by atoms with Crippen molar-refractivity contribution in [3.05, 3.63) is 29.3 Å². The van der Waals surface area contributed by atoms with Crippen LogP contribution in [0.15, 0.2) is 24.3 Å². The predicted molar refractivity (Wildman–Crippen MR) is 76.3 cm³/mol. The molecule has 0 saturated heterocycles. The molecule has 1 aromatic rings. The number of nitrogens with one attached hydrogen (secondary N) is 2. The number of hydrogen-bond donors (Lipinski definition) is 2. The predicted octanol–water partition coefficient (Wildman–Crippen LogP) is 1.35. The van der Waals surface area contributed by atoms with Crippen LogP contribution in [-0.4, -0.2) is 43.9 Å². The molecule has 104 valence electrons. The van der Waals surface area contributed by atoms with E-state index in [9.17, 15) is 9.59 Å². The number of anilines is 1. The molecule has 5 nitrogen and oxygen atoms in total. The maximum absolute atomic E-state index is 11.6. The zero-order valence-electron chi connectivity index (χ0n) is 11.1. The van der Waals surface area contributed by atoms with Gasteiger partial charge in [0.15, 0.2) is 0 Å². The standard InChI is InChI=1S/C13H18ClN3O2/c1-17(2)9-3-8-15-12(18)13(19)16-11-6-4-10(14)5-7-11/h4-7H,3,8-9H2,1-2H3,(H,15,18)(H,16,19). The first kappa shape index (κ1) is 15.5. The third-order valence-electron chi connectivity index (χ3n) is 2.38. The van der Waals surface area contributed by atoms with Gasteiger partial charge >= 0.3 is 11.8 Å². The Morgan fingerprint density at radius 3 is 2.37 bits per heavy atom. The number of halogens is 1. The van der Waals surface area contributed by atoms with E-state index in [2.05, 4.69) is 10.6 Å². The number of benzene rings is 1. The molecular weight excluding hydrogens is 266 g/mol. The summed E-state index contributed by atoms with van der Waals surface area (Å²) < 4.78 is 0. The topological polar surface area (TPSA) is 61.4 Å². The average Bonchev–Trinajstić information content (AvgIpc) is 2.36. The van der Waals surface area contributed by atoms with Crippen molar-refractivity contribution < 1.29 is 9.59 Å². The van der Waals surface area contributed by atoms with Gasteiger partial charge in [-0.05, 0) is 51.3 Å². The van der Waals surface area contributed by atoms with Crippen LogP contribution in [0.4, 0.5) is 5.69 Å². The summed E-state index contributed by atoms with van der Waals surface area (Å²) in [7, 11) is 3.91. The SMILES string of the molecule is CN(C)CCCNC(=O)C(=O)Nc1ccc(Cl)cc1. The van der Waals surface area contributed by atoms with Crippen molar-refractivity contribution in [2.75, 3.05) is 32.5 Å². The van der Waals surface area contributed by atoms with E-state index in [0.29, 0.717) is 17.3 Å². The normalized spacial score (nSPS) is 10.3. The van der Waals surface area contributed by atoms with Gasteiger partial charge in [0, 0.05) is 17.3 Å². The minimum Gasteiger partial charge on any atom is -0.348 e.